The molecule has 0 atom stereocenters. The number of hydrogen-bond acceptors (Lipinski definition) is 6. The number of rotatable bonds is 12. The number of fused-ring (bicyclic) bond motifs is 1. The van der Waals surface area contributed by atoms with Crippen molar-refractivity contribution < 1.29 is 14.2 Å². The van der Waals surface area contributed by atoms with Gasteiger partial charge in [0.15, 0.2) is 0 Å². The highest BCUT2D eigenvalue weighted by atomic mass is 16.5. The molecule has 1 aliphatic heterocycles. The second-order valence-electron chi connectivity index (χ2n) is 8.95. The molecule has 7 heteroatoms. The van der Waals surface area contributed by atoms with E-state index in [4.69, 9.17) is 19.2 Å². The summed E-state index contributed by atoms with van der Waals surface area (Å²) in [7, 11) is 4.19. The number of aromatic nitrogens is 2. The zero-order valence-electron chi connectivity index (χ0n) is 19.5. The molecule has 0 unspecified atom stereocenters. The summed E-state index contributed by atoms with van der Waals surface area (Å²) in [5.41, 5.74) is 2.88. The number of likely N-dealkylation sites (N-methyl/N-ethyl adjacent to an activating group) is 2. The van der Waals surface area contributed by atoms with E-state index < -0.39 is 0 Å². The van der Waals surface area contributed by atoms with Gasteiger partial charge >= 0.3 is 0 Å². The van der Waals surface area contributed by atoms with E-state index in [1.54, 1.807) is 0 Å². The Hall–Kier alpha value is -0.990. The van der Waals surface area contributed by atoms with Crippen LogP contribution in [0.25, 0.3) is 0 Å². The Morgan fingerprint density at radius 1 is 1.20 bits per heavy atom. The highest BCUT2D eigenvalue weighted by molar-refractivity contribution is 5.23. The van der Waals surface area contributed by atoms with Crippen molar-refractivity contribution in [2.45, 2.75) is 65.1 Å². The van der Waals surface area contributed by atoms with Crippen molar-refractivity contribution >= 4 is 0 Å². The minimum atomic E-state index is 0.167. The molecular formula is C23H42N4O3. The molecule has 0 radical (unpaired) electrons. The average molecular weight is 423 g/mol. The summed E-state index contributed by atoms with van der Waals surface area (Å²) in [6.45, 7) is 12.6. The molecule has 2 heterocycles. The zero-order valence-corrected chi connectivity index (χ0v) is 19.5. The third-order valence-corrected chi connectivity index (χ3v) is 6.67. The number of nitrogens with zero attached hydrogens (tertiary/aromatic N) is 3. The monoisotopic (exact) mass is 422 g/mol. The molecule has 1 fully saturated rings. The SMILES string of the molecule is CCOCC1(COCC)CCC(c2c(CN(C)CCNC)nc3n2CCOC3)CC1. The van der Waals surface area contributed by atoms with E-state index in [1.807, 2.05) is 7.05 Å². The molecule has 1 N–H and O–H groups in total. The van der Waals surface area contributed by atoms with Crippen molar-refractivity contribution in [1.82, 2.24) is 19.8 Å². The standard InChI is InChI=1S/C23H42N4O3/c1-5-28-17-23(18-29-6-2)9-7-19(8-10-23)22-20(15-26(4)12-11-24-3)25-21-16-30-14-13-27(21)22/h19,24H,5-18H2,1-4H3. The highest BCUT2D eigenvalue weighted by Crippen LogP contribution is 2.45. The van der Waals surface area contributed by atoms with Crippen molar-refractivity contribution in [1.29, 1.82) is 0 Å². The minimum absolute atomic E-state index is 0.167. The maximum atomic E-state index is 5.88. The van der Waals surface area contributed by atoms with Crippen molar-refractivity contribution in [2.24, 2.45) is 5.41 Å². The molecule has 1 aromatic rings. The van der Waals surface area contributed by atoms with Crippen molar-refractivity contribution in [3.63, 3.8) is 0 Å². The van der Waals surface area contributed by atoms with E-state index in [0.717, 1.165) is 77.9 Å². The normalized spacial score (nSPS) is 19.4. The van der Waals surface area contributed by atoms with Gasteiger partial charge in [0.2, 0.25) is 0 Å². The first-order valence-electron chi connectivity index (χ1n) is 11.8. The molecular weight excluding hydrogens is 380 g/mol. The predicted octanol–water partition coefficient (Wildman–Crippen LogP) is 2.78. The van der Waals surface area contributed by atoms with Gasteiger partial charge in [0.25, 0.3) is 0 Å². The molecule has 0 amide bonds. The number of hydrogen-bond donors (Lipinski definition) is 1. The van der Waals surface area contributed by atoms with Crippen LogP contribution in [0, 0.1) is 5.41 Å². The van der Waals surface area contributed by atoms with Crippen LogP contribution >= 0.6 is 0 Å². The molecule has 0 saturated heterocycles. The molecule has 1 aromatic heterocycles. The largest absolute Gasteiger partial charge is 0.381 e. The Kier molecular flexibility index (Phi) is 9.13. The molecule has 7 nitrogen and oxygen atoms in total. The molecule has 3 rings (SSSR count). The van der Waals surface area contributed by atoms with Gasteiger partial charge in [-0.15, -0.1) is 0 Å². The van der Waals surface area contributed by atoms with Gasteiger partial charge in [-0.25, -0.2) is 4.98 Å². The number of imidazole rings is 1. The zero-order chi connectivity index (χ0) is 21.4. The first-order valence-corrected chi connectivity index (χ1v) is 11.8. The van der Waals surface area contributed by atoms with Crippen LogP contribution in [0.3, 0.4) is 0 Å². The van der Waals surface area contributed by atoms with Gasteiger partial charge in [-0.3, -0.25) is 4.90 Å². The lowest BCUT2D eigenvalue weighted by molar-refractivity contribution is -0.0400. The molecule has 30 heavy (non-hydrogen) atoms. The van der Waals surface area contributed by atoms with E-state index in [9.17, 15) is 0 Å². The van der Waals surface area contributed by atoms with Crippen LogP contribution in [0.5, 0.6) is 0 Å². The topological polar surface area (TPSA) is 60.8 Å². The summed E-state index contributed by atoms with van der Waals surface area (Å²) in [4.78, 5) is 7.40. The quantitative estimate of drug-likeness (QED) is 0.559. The molecule has 0 spiro atoms. The van der Waals surface area contributed by atoms with E-state index in [1.165, 1.54) is 24.2 Å². The fraction of sp³-hybridized carbons (Fsp3) is 0.870. The molecule has 172 valence electrons. The Morgan fingerprint density at radius 2 is 1.90 bits per heavy atom. The fourth-order valence-electron chi connectivity index (χ4n) is 4.93. The van der Waals surface area contributed by atoms with Crippen LogP contribution in [0.4, 0.5) is 0 Å². The van der Waals surface area contributed by atoms with Crippen molar-refractivity contribution in [2.75, 3.05) is 60.2 Å². The molecule has 2 aliphatic rings. The summed E-state index contributed by atoms with van der Waals surface area (Å²) in [5.74, 6) is 1.67. The van der Waals surface area contributed by atoms with Gasteiger partial charge in [0.05, 0.1) is 25.5 Å². The van der Waals surface area contributed by atoms with Gasteiger partial charge in [0, 0.05) is 56.4 Å². The first kappa shape index (κ1) is 23.7. The van der Waals surface area contributed by atoms with Crippen LogP contribution in [0.15, 0.2) is 0 Å². The van der Waals surface area contributed by atoms with E-state index in [2.05, 4.69) is 35.7 Å². The molecule has 1 saturated carbocycles. The summed E-state index contributed by atoms with van der Waals surface area (Å²) < 4.78 is 19.9. The van der Waals surface area contributed by atoms with Crippen LogP contribution in [-0.2, 0) is 33.9 Å². The lowest BCUT2D eigenvalue weighted by Gasteiger charge is -2.40. The van der Waals surface area contributed by atoms with E-state index in [0.29, 0.717) is 12.5 Å². The van der Waals surface area contributed by atoms with Crippen molar-refractivity contribution in [3.8, 4) is 0 Å². The van der Waals surface area contributed by atoms with Gasteiger partial charge in [-0.2, -0.15) is 0 Å². The average Bonchev–Trinajstić information content (AvgIpc) is 3.13. The lowest BCUT2D eigenvalue weighted by atomic mass is 9.70. The lowest BCUT2D eigenvalue weighted by Crippen LogP contribution is -2.37. The number of nitrogens with one attached hydrogen (secondary N) is 1. The van der Waals surface area contributed by atoms with Crippen molar-refractivity contribution in [3.05, 3.63) is 17.2 Å². The second-order valence-corrected chi connectivity index (χ2v) is 8.95. The van der Waals surface area contributed by atoms with E-state index in [-0.39, 0.29) is 5.41 Å². The number of ether oxygens (including phenoxy) is 3. The summed E-state index contributed by atoms with van der Waals surface area (Å²) in [6.07, 6.45) is 4.67. The Labute approximate surface area is 182 Å². The maximum Gasteiger partial charge on any atom is 0.135 e. The Balaban J connectivity index is 1.75. The van der Waals surface area contributed by atoms with Gasteiger partial charge in [-0.05, 0) is 53.6 Å². The Bertz CT molecular complexity index is 631. The third-order valence-electron chi connectivity index (χ3n) is 6.67. The third kappa shape index (κ3) is 5.82. The molecule has 0 bridgehead atoms. The maximum absolute atomic E-state index is 5.88. The highest BCUT2D eigenvalue weighted by Gasteiger charge is 2.38. The Morgan fingerprint density at radius 3 is 2.53 bits per heavy atom. The van der Waals surface area contributed by atoms with Crippen LogP contribution in [0.1, 0.15) is 62.7 Å². The minimum Gasteiger partial charge on any atom is -0.381 e. The summed E-state index contributed by atoms with van der Waals surface area (Å²) >= 11 is 0. The van der Waals surface area contributed by atoms with E-state index >= 15 is 0 Å². The molecule has 0 aromatic carbocycles. The van der Waals surface area contributed by atoms with Gasteiger partial charge in [0.1, 0.15) is 12.4 Å². The fourth-order valence-corrected chi connectivity index (χ4v) is 4.93. The second kappa shape index (κ2) is 11.6. The van der Waals surface area contributed by atoms with Gasteiger partial charge < -0.3 is 24.1 Å². The van der Waals surface area contributed by atoms with Gasteiger partial charge in [-0.1, -0.05) is 0 Å². The van der Waals surface area contributed by atoms with Crippen LogP contribution in [-0.4, -0.2) is 74.7 Å². The smallest absolute Gasteiger partial charge is 0.135 e. The van der Waals surface area contributed by atoms with Crippen LogP contribution in [0.2, 0.25) is 0 Å². The molecule has 1 aliphatic carbocycles. The summed E-state index contributed by atoms with van der Waals surface area (Å²) in [5, 5.41) is 3.24. The predicted molar refractivity (Wildman–Crippen MR) is 119 cm³/mol. The summed E-state index contributed by atoms with van der Waals surface area (Å²) in [6, 6.07) is 0. The first-order chi connectivity index (χ1) is 14.6. The van der Waals surface area contributed by atoms with Crippen LogP contribution < -0.4 is 5.32 Å².